The molecule has 0 amide bonds. The maximum atomic E-state index is 13.3. The summed E-state index contributed by atoms with van der Waals surface area (Å²) in [7, 11) is -3.94. The number of aryl methyl sites for hydroxylation is 1. The molecule has 11 heteroatoms. The van der Waals surface area contributed by atoms with E-state index in [1.807, 2.05) is 43.3 Å². The standard InChI is InChI=1S/C22H24N4O4S3/c1-14-19(32-17-5-3-2-4-6-17)10-20(31-14)21(27)18-11-24-13-25-22(18)26-16-8-7-15(9-16)12-30-33(23,28)29/h2-6,10-11,13,15-16H,7-9,12H2,1H3,(H2,23,28,29)(H,24,25,26)/t15-,16+/m1/s1. The molecule has 2 aromatic heterocycles. The highest BCUT2D eigenvalue weighted by atomic mass is 32.2. The molecule has 1 fully saturated rings. The van der Waals surface area contributed by atoms with Gasteiger partial charge in [0.25, 0.3) is 0 Å². The number of hydrogen-bond donors (Lipinski definition) is 2. The first-order valence-electron chi connectivity index (χ1n) is 10.4. The zero-order chi connectivity index (χ0) is 23.4. The Labute approximate surface area is 201 Å². The van der Waals surface area contributed by atoms with Gasteiger partial charge >= 0.3 is 10.3 Å². The van der Waals surface area contributed by atoms with Crippen molar-refractivity contribution in [1.29, 1.82) is 0 Å². The second kappa shape index (κ2) is 10.3. The number of nitrogens with two attached hydrogens (primary N) is 1. The first kappa shape index (κ1) is 23.8. The highest BCUT2D eigenvalue weighted by Crippen LogP contribution is 2.36. The molecule has 0 unspecified atom stereocenters. The highest BCUT2D eigenvalue weighted by molar-refractivity contribution is 7.99. The summed E-state index contributed by atoms with van der Waals surface area (Å²) in [6.45, 7) is 2.07. The van der Waals surface area contributed by atoms with Crippen molar-refractivity contribution in [3.63, 3.8) is 0 Å². The SMILES string of the molecule is Cc1sc(C(=O)c2cncnc2N[C@H]2CC[C@@H](COS(N)(=O)=O)C2)cc1Sc1ccccc1. The van der Waals surface area contributed by atoms with E-state index in [-0.39, 0.29) is 24.3 Å². The summed E-state index contributed by atoms with van der Waals surface area (Å²) in [5.74, 6) is 0.425. The Kier molecular flexibility index (Phi) is 7.45. The second-order valence-electron chi connectivity index (χ2n) is 7.86. The van der Waals surface area contributed by atoms with Gasteiger partial charge in [-0.15, -0.1) is 11.3 Å². The molecule has 174 valence electrons. The molecule has 3 aromatic rings. The van der Waals surface area contributed by atoms with Gasteiger partial charge in [0.15, 0.2) is 0 Å². The molecule has 0 radical (unpaired) electrons. The molecule has 0 aliphatic heterocycles. The lowest BCUT2D eigenvalue weighted by atomic mass is 10.1. The Balaban J connectivity index is 1.45. The maximum Gasteiger partial charge on any atom is 0.333 e. The lowest BCUT2D eigenvalue weighted by molar-refractivity contribution is 0.104. The van der Waals surface area contributed by atoms with Crippen molar-refractivity contribution in [2.24, 2.45) is 11.1 Å². The zero-order valence-electron chi connectivity index (χ0n) is 17.9. The normalized spacial score (nSPS) is 18.4. The van der Waals surface area contributed by atoms with E-state index in [1.165, 1.54) is 23.9 Å². The van der Waals surface area contributed by atoms with Crippen LogP contribution in [-0.2, 0) is 14.5 Å². The van der Waals surface area contributed by atoms with E-state index in [9.17, 15) is 13.2 Å². The van der Waals surface area contributed by atoms with Gasteiger partial charge in [0.05, 0.1) is 17.0 Å². The Bertz CT molecular complexity index is 1230. The quantitative estimate of drug-likeness (QED) is 0.419. The predicted molar refractivity (Wildman–Crippen MR) is 129 cm³/mol. The molecule has 2 heterocycles. The summed E-state index contributed by atoms with van der Waals surface area (Å²) in [6, 6.07) is 12.0. The van der Waals surface area contributed by atoms with Crippen molar-refractivity contribution in [3.8, 4) is 0 Å². The summed E-state index contributed by atoms with van der Waals surface area (Å²) in [6.07, 6.45) is 5.25. The molecule has 1 aliphatic carbocycles. The Morgan fingerprint density at radius 1 is 1.30 bits per heavy atom. The molecular weight excluding hydrogens is 480 g/mol. The van der Waals surface area contributed by atoms with Crippen molar-refractivity contribution >= 4 is 45.0 Å². The van der Waals surface area contributed by atoms with Gasteiger partial charge in [-0.1, -0.05) is 30.0 Å². The fourth-order valence-corrected chi connectivity index (χ4v) is 6.22. The van der Waals surface area contributed by atoms with Gasteiger partial charge in [0.1, 0.15) is 12.1 Å². The number of thiophene rings is 1. The average Bonchev–Trinajstić information content (AvgIpc) is 3.39. The molecule has 0 spiro atoms. The van der Waals surface area contributed by atoms with E-state index in [2.05, 4.69) is 15.3 Å². The number of benzene rings is 1. The van der Waals surface area contributed by atoms with Crippen LogP contribution in [0.1, 0.15) is 39.4 Å². The summed E-state index contributed by atoms with van der Waals surface area (Å²) in [4.78, 5) is 25.6. The summed E-state index contributed by atoms with van der Waals surface area (Å²) >= 11 is 3.09. The molecule has 33 heavy (non-hydrogen) atoms. The second-order valence-corrected chi connectivity index (χ2v) is 11.5. The van der Waals surface area contributed by atoms with Crippen LogP contribution in [0.25, 0.3) is 0 Å². The number of ketones is 1. The number of nitrogens with one attached hydrogen (secondary N) is 1. The van der Waals surface area contributed by atoms with E-state index in [4.69, 9.17) is 9.32 Å². The van der Waals surface area contributed by atoms with Crippen molar-refractivity contribution < 1.29 is 17.4 Å². The molecule has 1 aliphatic rings. The van der Waals surface area contributed by atoms with Crippen LogP contribution in [0.15, 0.2) is 58.7 Å². The van der Waals surface area contributed by atoms with Crippen LogP contribution < -0.4 is 10.5 Å². The zero-order valence-corrected chi connectivity index (χ0v) is 20.4. The lowest BCUT2D eigenvalue weighted by Crippen LogP contribution is -2.22. The van der Waals surface area contributed by atoms with Crippen LogP contribution in [0.3, 0.4) is 0 Å². The predicted octanol–water partition coefficient (Wildman–Crippen LogP) is 4.03. The van der Waals surface area contributed by atoms with Gasteiger partial charge < -0.3 is 5.32 Å². The van der Waals surface area contributed by atoms with E-state index in [0.717, 1.165) is 27.5 Å². The first-order chi connectivity index (χ1) is 15.8. The van der Waals surface area contributed by atoms with E-state index >= 15 is 0 Å². The summed E-state index contributed by atoms with van der Waals surface area (Å²) in [5, 5.41) is 8.25. The van der Waals surface area contributed by atoms with Crippen molar-refractivity contribution in [1.82, 2.24) is 9.97 Å². The number of hydrogen-bond acceptors (Lipinski definition) is 9. The Hall–Kier alpha value is -2.31. The molecule has 2 atom stereocenters. The molecule has 3 N–H and O–H groups in total. The molecule has 4 rings (SSSR count). The van der Waals surface area contributed by atoms with Gasteiger partial charge in [-0.25, -0.2) is 15.1 Å². The molecule has 0 bridgehead atoms. The number of anilines is 1. The van der Waals surface area contributed by atoms with Crippen LogP contribution in [0, 0.1) is 12.8 Å². The monoisotopic (exact) mass is 504 g/mol. The summed E-state index contributed by atoms with van der Waals surface area (Å²) in [5.41, 5.74) is 0.416. The fourth-order valence-electron chi connectivity index (χ4n) is 3.78. The minimum absolute atomic E-state index is 0.0507. The summed E-state index contributed by atoms with van der Waals surface area (Å²) < 4.78 is 26.8. The minimum Gasteiger partial charge on any atom is -0.367 e. The van der Waals surface area contributed by atoms with Gasteiger partial charge in [-0.2, -0.15) is 8.42 Å². The largest absolute Gasteiger partial charge is 0.367 e. The molecule has 1 saturated carbocycles. The number of rotatable bonds is 9. The third-order valence-electron chi connectivity index (χ3n) is 5.37. The topological polar surface area (TPSA) is 124 Å². The van der Waals surface area contributed by atoms with Crippen LogP contribution in [0.4, 0.5) is 5.82 Å². The van der Waals surface area contributed by atoms with E-state index < -0.39 is 10.3 Å². The minimum atomic E-state index is -3.94. The van der Waals surface area contributed by atoms with Crippen molar-refractivity contribution in [2.45, 2.75) is 42.0 Å². The van der Waals surface area contributed by atoms with Gasteiger partial charge in [-0.3, -0.25) is 8.98 Å². The number of nitrogens with zero attached hydrogens (tertiary/aromatic N) is 2. The molecule has 0 saturated heterocycles. The maximum absolute atomic E-state index is 13.3. The number of aromatic nitrogens is 2. The van der Waals surface area contributed by atoms with Gasteiger partial charge in [0, 0.05) is 26.9 Å². The molecule has 8 nitrogen and oxygen atoms in total. The van der Waals surface area contributed by atoms with Gasteiger partial charge in [0.2, 0.25) is 5.78 Å². The van der Waals surface area contributed by atoms with E-state index in [0.29, 0.717) is 22.7 Å². The fraction of sp³-hybridized carbons (Fsp3) is 0.318. The van der Waals surface area contributed by atoms with Crippen molar-refractivity contribution in [3.05, 3.63) is 64.2 Å². The third kappa shape index (κ3) is 6.39. The average molecular weight is 505 g/mol. The van der Waals surface area contributed by atoms with Crippen LogP contribution in [-0.4, -0.2) is 36.8 Å². The third-order valence-corrected chi connectivity index (χ3v) is 8.17. The van der Waals surface area contributed by atoms with Crippen LogP contribution >= 0.6 is 23.1 Å². The van der Waals surface area contributed by atoms with E-state index in [1.54, 1.807) is 11.8 Å². The molecular formula is C22H24N4O4S3. The number of carbonyl (C=O) groups is 1. The Morgan fingerprint density at radius 3 is 2.85 bits per heavy atom. The number of carbonyl (C=O) groups excluding carboxylic acids is 1. The first-order valence-corrected chi connectivity index (χ1v) is 13.5. The lowest BCUT2D eigenvalue weighted by Gasteiger charge is -2.15. The van der Waals surface area contributed by atoms with Gasteiger partial charge in [-0.05, 0) is 50.3 Å². The van der Waals surface area contributed by atoms with Crippen LogP contribution in [0.5, 0.6) is 0 Å². The smallest absolute Gasteiger partial charge is 0.333 e. The van der Waals surface area contributed by atoms with Crippen LogP contribution in [0.2, 0.25) is 0 Å². The highest BCUT2D eigenvalue weighted by Gasteiger charge is 2.28. The van der Waals surface area contributed by atoms with Crippen molar-refractivity contribution in [2.75, 3.05) is 11.9 Å². The molecule has 1 aromatic carbocycles. The Morgan fingerprint density at radius 2 is 2.09 bits per heavy atom.